The van der Waals surface area contributed by atoms with Gasteiger partial charge in [-0.05, 0) is 85.6 Å². The number of phenols is 1. The van der Waals surface area contributed by atoms with Gasteiger partial charge in [0, 0.05) is 11.5 Å². The van der Waals surface area contributed by atoms with Gasteiger partial charge in [-0.15, -0.1) is 6.42 Å². The number of rotatable bonds is 2. The van der Waals surface area contributed by atoms with E-state index < -0.39 is 5.60 Å². The van der Waals surface area contributed by atoms with Crippen molar-refractivity contribution in [2.75, 3.05) is 0 Å². The molecule has 0 unspecified atom stereocenters. The molecule has 2 aromatic rings. The van der Waals surface area contributed by atoms with Gasteiger partial charge >= 0.3 is 5.97 Å². The third-order valence-electron chi connectivity index (χ3n) is 8.51. The van der Waals surface area contributed by atoms with Gasteiger partial charge in [0.25, 0.3) is 0 Å². The Kier molecular flexibility index (Phi) is 6.04. The van der Waals surface area contributed by atoms with Crippen molar-refractivity contribution in [2.24, 2.45) is 24.3 Å². The van der Waals surface area contributed by atoms with E-state index in [2.05, 4.69) is 18.9 Å². The number of nitrogens with zero attached hydrogens (tertiary/aromatic N) is 1. The monoisotopic (exact) mass is 543 g/mol. The molecule has 0 aliphatic heterocycles. The number of benzene rings is 1. The molecule has 5 atom stereocenters. The summed E-state index contributed by atoms with van der Waals surface area (Å²) in [5.41, 5.74) is 2.14. The van der Waals surface area contributed by atoms with Crippen LogP contribution in [0, 0.1) is 29.6 Å². The summed E-state index contributed by atoms with van der Waals surface area (Å²) >= 11 is 0. The molecular weight excluding hydrogens is 513 g/mol. The molecule has 2 saturated carbocycles. The first-order chi connectivity index (χ1) is 14.9. The maximum atomic E-state index is 13.1. The third kappa shape index (κ3) is 3.42. The van der Waals surface area contributed by atoms with Gasteiger partial charge in [0.2, 0.25) is 0 Å². The Morgan fingerprint density at radius 2 is 2.06 bits per heavy atom. The van der Waals surface area contributed by atoms with E-state index >= 15 is 0 Å². The van der Waals surface area contributed by atoms with Crippen molar-refractivity contribution in [2.45, 2.75) is 57.0 Å². The average molecular weight is 543 g/mol. The standard InChI is InChI=1S/C27H29NO3.HI/c1-4-27(31-25(30)19-6-5-15-28(3)17-19)14-12-24-23-9-7-18-16-20(29)8-10-21(18)22(23)11-13-26(24,27)2;/h1,5-6,8,10,15-17,22-24H,7,9,11-14H2,2-3H3;1H/t22-,23-,24+,26+,27+;/m1./s1. The number of terminal acetylenes is 1. The molecule has 5 heteroatoms. The molecule has 3 aliphatic carbocycles. The van der Waals surface area contributed by atoms with Crippen LogP contribution in [-0.2, 0) is 18.2 Å². The zero-order valence-electron chi connectivity index (χ0n) is 18.7. The molecule has 1 N–H and O–H groups in total. The van der Waals surface area contributed by atoms with E-state index in [1.807, 2.05) is 36.0 Å². The van der Waals surface area contributed by atoms with Gasteiger partial charge in [0.15, 0.2) is 18.0 Å². The number of esters is 1. The van der Waals surface area contributed by atoms with Gasteiger partial charge in [-0.3, -0.25) is 0 Å². The molecule has 1 aromatic heterocycles. The summed E-state index contributed by atoms with van der Waals surface area (Å²) in [7, 11) is 1.89. The fourth-order valence-corrected chi connectivity index (χ4v) is 6.93. The SMILES string of the molecule is C#C[C@]1(OC(=O)c2ccc[n+](C)c2)CC[C@H]2[C@@H]3CCc4cc(O)ccc4[C@H]3CC[C@@]21C.[I-]. The van der Waals surface area contributed by atoms with Crippen LogP contribution in [0.2, 0.25) is 0 Å². The summed E-state index contributed by atoms with van der Waals surface area (Å²) < 4.78 is 8.05. The molecule has 0 saturated heterocycles. The molecule has 2 fully saturated rings. The van der Waals surface area contributed by atoms with E-state index in [4.69, 9.17) is 11.2 Å². The Bertz CT molecular complexity index is 1090. The van der Waals surface area contributed by atoms with Crippen molar-refractivity contribution in [1.29, 1.82) is 0 Å². The second-order valence-corrected chi connectivity index (χ2v) is 9.91. The van der Waals surface area contributed by atoms with Crippen LogP contribution in [0.25, 0.3) is 0 Å². The highest BCUT2D eigenvalue weighted by atomic mass is 127. The lowest BCUT2D eigenvalue weighted by Crippen LogP contribution is -3.00. The number of hydrogen-bond acceptors (Lipinski definition) is 3. The minimum absolute atomic E-state index is 0. The smallest absolute Gasteiger partial charge is 0.345 e. The largest absolute Gasteiger partial charge is 1.00 e. The summed E-state index contributed by atoms with van der Waals surface area (Å²) in [6, 6.07) is 9.49. The minimum atomic E-state index is -0.858. The van der Waals surface area contributed by atoms with E-state index in [1.54, 1.807) is 12.3 Å². The van der Waals surface area contributed by atoms with E-state index in [1.165, 1.54) is 11.1 Å². The fraction of sp³-hybridized carbons (Fsp3) is 0.481. The number of aromatic nitrogens is 1. The van der Waals surface area contributed by atoms with Crippen LogP contribution >= 0.6 is 0 Å². The predicted octanol–water partition coefficient (Wildman–Crippen LogP) is 1.31. The van der Waals surface area contributed by atoms with Crippen molar-refractivity contribution in [3.63, 3.8) is 0 Å². The molecule has 0 bridgehead atoms. The normalized spacial score (nSPS) is 32.5. The van der Waals surface area contributed by atoms with Gasteiger partial charge in [-0.25, -0.2) is 9.36 Å². The number of pyridine rings is 1. The molecule has 1 aromatic carbocycles. The highest BCUT2D eigenvalue weighted by Crippen LogP contribution is 2.65. The zero-order valence-corrected chi connectivity index (χ0v) is 20.8. The minimum Gasteiger partial charge on any atom is -1.00 e. The van der Waals surface area contributed by atoms with E-state index in [0.29, 0.717) is 29.1 Å². The molecule has 168 valence electrons. The summed E-state index contributed by atoms with van der Waals surface area (Å²) in [6.45, 7) is 2.26. The summed E-state index contributed by atoms with van der Waals surface area (Å²) in [6.07, 6.45) is 15.6. The highest BCUT2D eigenvalue weighted by molar-refractivity contribution is 5.89. The van der Waals surface area contributed by atoms with E-state index in [9.17, 15) is 9.90 Å². The molecule has 5 rings (SSSR count). The molecule has 0 amide bonds. The number of carbonyl (C=O) groups is 1. The molecule has 3 aliphatic rings. The molecule has 32 heavy (non-hydrogen) atoms. The molecule has 0 spiro atoms. The maximum Gasteiger partial charge on any atom is 0.345 e. The Hall–Kier alpha value is -2.07. The first kappa shape index (κ1) is 23.1. The van der Waals surface area contributed by atoms with Gasteiger partial charge in [0.1, 0.15) is 18.4 Å². The number of hydrogen-bond donors (Lipinski definition) is 1. The van der Waals surface area contributed by atoms with E-state index in [-0.39, 0.29) is 35.4 Å². The molecule has 0 radical (unpaired) electrons. The van der Waals surface area contributed by atoms with Crippen molar-refractivity contribution >= 4 is 5.97 Å². The quantitative estimate of drug-likeness (QED) is 0.269. The lowest BCUT2D eigenvalue weighted by Gasteiger charge is -2.52. The summed E-state index contributed by atoms with van der Waals surface area (Å²) in [5, 5.41) is 9.90. The molecule has 1 heterocycles. The maximum absolute atomic E-state index is 13.1. The number of fused-ring (bicyclic) bond motifs is 5. The van der Waals surface area contributed by atoms with Crippen LogP contribution in [0.3, 0.4) is 0 Å². The highest BCUT2D eigenvalue weighted by Gasteiger charge is 2.63. The van der Waals surface area contributed by atoms with Crippen LogP contribution in [0.5, 0.6) is 5.75 Å². The Morgan fingerprint density at radius 1 is 1.25 bits per heavy atom. The Labute approximate surface area is 207 Å². The Balaban J connectivity index is 0.00000245. The lowest BCUT2D eigenvalue weighted by molar-refractivity contribution is -0.671. The van der Waals surface area contributed by atoms with Crippen LogP contribution < -0.4 is 28.5 Å². The van der Waals surface area contributed by atoms with Crippen LogP contribution in [0.15, 0.2) is 42.7 Å². The van der Waals surface area contributed by atoms with Crippen LogP contribution in [0.1, 0.15) is 66.4 Å². The lowest BCUT2D eigenvalue weighted by atomic mass is 9.53. The van der Waals surface area contributed by atoms with Crippen molar-refractivity contribution in [3.8, 4) is 18.1 Å². The third-order valence-corrected chi connectivity index (χ3v) is 8.51. The number of ether oxygens (including phenoxy) is 1. The van der Waals surface area contributed by atoms with Gasteiger partial charge in [-0.2, -0.15) is 0 Å². The molecule has 4 nitrogen and oxygen atoms in total. The number of phenolic OH excluding ortho intramolecular Hbond substituents is 1. The van der Waals surface area contributed by atoms with Crippen molar-refractivity contribution < 1.29 is 43.2 Å². The number of halogens is 1. The first-order valence-corrected chi connectivity index (χ1v) is 11.3. The second kappa shape index (κ2) is 8.37. The fourth-order valence-electron chi connectivity index (χ4n) is 6.93. The zero-order chi connectivity index (χ0) is 21.8. The van der Waals surface area contributed by atoms with Gasteiger partial charge < -0.3 is 33.8 Å². The van der Waals surface area contributed by atoms with Crippen LogP contribution in [0.4, 0.5) is 0 Å². The number of carbonyl (C=O) groups excluding carboxylic acids is 1. The van der Waals surface area contributed by atoms with E-state index in [0.717, 1.165) is 38.5 Å². The second-order valence-electron chi connectivity index (χ2n) is 9.91. The topological polar surface area (TPSA) is 50.4 Å². The van der Waals surface area contributed by atoms with Crippen molar-refractivity contribution in [1.82, 2.24) is 0 Å². The predicted molar refractivity (Wildman–Crippen MR) is 117 cm³/mol. The Morgan fingerprint density at radius 3 is 2.81 bits per heavy atom. The number of aromatic hydroxyl groups is 1. The van der Waals surface area contributed by atoms with Gasteiger partial charge in [-0.1, -0.05) is 18.9 Å². The average Bonchev–Trinajstić information content (AvgIpc) is 3.06. The van der Waals surface area contributed by atoms with Crippen molar-refractivity contribution in [3.05, 3.63) is 59.4 Å². The first-order valence-electron chi connectivity index (χ1n) is 11.3. The van der Waals surface area contributed by atoms with Crippen LogP contribution in [-0.4, -0.2) is 16.7 Å². The molecular formula is C27H30INO3. The number of aryl methyl sites for hydroxylation is 2. The summed E-state index contributed by atoms with van der Waals surface area (Å²) in [4.78, 5) is 13.1. The summed E-state index contributed by atoms with van der Waals surface area (Å²) in [5.74, 6) is 4.47. The van der Waals surface area contributed by atoms with Gasteiger partial charge in [0.05, 0.1) is 0 Å².